The number of rotatable bonds is 7. The second-order valence-corrected chi connectivity index (χ2v) is 5.87. The first-order valence-corrected chi connectivity index (χ1v) is 7.50. The number of hydrogen-bond acceptors (Lipinski definition) is 7. The van der Waals surface area contributed by atoms with Crippen LogP contribution in [-0.2, 0) is 0 Å². The minimum absolute atomic E-state index is 0.221. The zero-order chi connectivity index (χ0) is 14.6. The molecule has 0 aliphatic carbocycles. The van der Waals surface area contributed by atoms with Crippen molar-refractivity contribution in [1.29, 1.82) is 0 Å². The van der Waals surface area contributed by atoms with Gasteiger partial charge in [-0.15, -0.1) is 11.3 Å². The zero-order valence-corrected chi connectivity index (χ0v) is 12.5. The summed E-state index contributed by atoms with van der Waals surface area (Å²) >= 11 is 1.55. The summed E-state index contributed by atoms with van der Waals surface area (Å²) in [5.41, 5.74) is -1.18. The van der Waals surface area contributed by atoms with Crippen LogP contribution >= 0.6 is 11.3 Å². The van der Waals surface area contributed by atoms with Gasteiger partial charge in [-0.3, -0.25) is 0 Å². The Kier molecular flexibility index (Phi) is 4.74. The fourth-order valence-corrected chi connectivity index (χ4v) is 2.40. The molecule has 6 nitrogen and oxygen atoms in total. The molecule has 0 aliphatic heterocycles. The van der Waals surface area contributed by atoms with Crippen molar-refractivity contribution in [3.63, 3.8) is 0 Å². The fraction of sp³-hybridized carbons (Fsp3) is 0.538. The van der Waals surface area contributed by atoms with Crippen LogP contribution in [0.5, 0.6) is 0 Å². The van der Waals surface area contributed by atoms with Crippen LogP contribution < -0.4 is 10.6 Å². The van der Waals surface area contributed by atoms with Gasteiger partial charge in [0, 0.05) is 13.1 Å². The second-order valence-electron chi connectivity index (χ2n) is 4.97. The highest BCUT2D eigenvalue weighted by molar-refractivity contribution is 7.16. The summed E-state index contributed by atoms with van der Waals surface area (Å²) in [6.45, 7) is 4.37. The third-order valence-electron chi connectivity index (χ3n) is 2.84. The third-order valence-corrected chi connectivity index (χ3v) is 3.64. The minimum atomic E-state index is -1.18. The molecule has 7 heteroatoms. The number of aliphatic hydroxyl groups excluding tert-OH is 1. The quantitative estimate of drug-likeness (QED) is 0.621. The van der Waals surface area contributed by atoms with Crippen LogP contribution in [0.2, 0.25) is 0 Å². The van der Waals surface area contributed by atoms with Crippen molar-refractivity contribution in [1.82, 2.24) is 9.97 Å². The molecule has 0 radical (unpaired) electrons. The maximum absolute atomic E-state index is 9.85. The Morgan fingerprint density at radius 1 is 1.35 bits per heavy atom. The molecule has 0 saturated carbocycles. The second kappa shape index (κ2) is 6.34. The van der Waals surface area contributed by atoms with Gasteiger partial charge in [0.25, 0.3) is 0 Å². The summed E-state index contributed by atoms with van der Waals surface area (Å²) < 4.78 is 0. The Balaban J connectivity index is 2.23. The van der Waals surface area contributed by atoms with Gasteiger partial charge in [-0.25, -0.2) is 4.98 Å². The average Bonchev–Trinajstić information content (AvgIpc) is 2.91. The van der Waals surface area contributed by atoms with Crippen molar-refractivity contribution in [2.45, 2.75) is 25.9 Å². The number of anilines is 2. The molecule has 0 spiro atoms. The smallest absolute Gasteiger partial charge is 0.226 e. The Morgan fingerprint density at radius 3 is 2.85 bits per heavy atom. The molecule has 0 aromatic carbocycles. The third kappa shape index (κ3) is 3.56. The highest BCUT2D eigenvalue weighted by Gasteiger charge is 2.19. The lowest BCUT2D eigenvalue weighted by Gasteiger charge is -2.21. The topological polar surface area (TPSA) is 90.3 Å². The molecule has 110 valence electrons. The molecule has 2 aromatic rings. The summed E-state index contributed by atoms with van der Waals surface area (Å²) in [7, 11) is 0. The van der Waals surface area contributed by atoms with Crippen LogP contribution in [0.25, 0.3) is 10.2 Å². The maximum Gasteiger partial charge on any atom is 0.226 e. The molecule has 4 N–H and O–H groups in total. The van der Waals surface area contributed by atoms with Crippen LogP contribution in [0, 0.1) is 0 Å². The van der Waals surface area contributed by atoms with Gasteiger partial charge in [-0.05, 0) is 24.8 Å². The van der Waals surface area contributed by atoms with E-state index in [9.17, 15) is 5.11 Å². The Morgan fingerprint density at radius 2 is 2.15 bits per heavy atom. The van der Waals surface area contributed by atoms with E-state index >= 15 is 0 Å². The van der Waals surface area contributed by atoms with Crippen molar-refractivity contribution < 1.29 is 10.2 Å². The molecule has 2 rings (SSSR count). The molecule has 1 unspecified atom stereocenters. The van der Waals surface area contributed by atoms with Gasteiger partial charge in [0.05, 0.1) is 12.0 Å². The first-order chi connectivity index (χ1) is 9.55. The molecule has 0 amide bonds. The van der Waals surface area contributed by atoms with Gasteiger partial charge < -0.3 is 20.8 Å². The molecule has 0 aliphatic rings. The van der Waals surface area contributed by atoms with E-state index in [1.54, 1.807) is 18.3 Å². The first-order valence-electron chi connectivity index (χ1n) is 6.62. The molecule has 0 bridgehead atoms. The zero-order valence-electron chi connectivity index (χ0n) is 11.7. The highest BCUT2D eigenvalue weighted by atomic mass is 32.1. The van der Waals surface area contributed by atoms with E-state index in [0.717, 1.165) is 23.2 Å². The highest BCUT2D eigenvalue weighted by Crippen LogP contribution is 2.26. The van der Waals surface area contributed by atoms with Gasteiger partial charge in [0.1, 0.15) is 16.2 Å². The van der Waals surface area contributed by atoms with Gasteiger partial charge in [-0.1, -0.05) is 6.92 Å². The molecule has 0 fully saturated rings. The number of aromatic nitrogens is 2. The molecule has 1 atom stereocenters. The summed E-state index contributed by atoms with van der Waals surface area (Å²) in [6, 6.07) is 1.94. The Labute approximate surface area is 121 Å². The standard InChI is InChI=1S/C13H20N4O2S/c1-3-5-14-12-16-10(15-7-13(2,19)8-18)9-4-6-20-11(9)17-12/h4,6,18-19H,3,5,7-8H2,1-2H3,(H2,14,15,16,17). The summed E-state index contributed by atoms with van der Waals surface area (Å²) in [4.78, 5) is 9.76. The largest absolute Gasteiger partial charge is 0.393 e. The Bertz CT molecular complexity index is 570. The summed E-state index contributed by atoms with van der Waals surface area (Å²) in [6.07, 6.45) is 0.994. The van der Waals surface area contributed by atoms with Gasteiger partial charge in [0.2, 0.25) is 5.95 Å². The number of thiophene rings is 1. The van der Waals surface area contributed by atoms with E-state index in [-0.39, 0.29) is 13.2 Å². The lowest BCUT2D eigenvalue weighted by molar-refractivity contribution is 0.0132. The van der Waals surface area contributed by atoms with Crippen molar-refractivity contribution in [2.75, 3.05) is 30.3 Å². The van der Waals surface area contributed by atoms with E-state index in [2.05, 4.69) is 27.5 Å². The Hall–Kier alpha value is -1.44. The van der Waals surface area contributed by atoms with Crippen LogP contribution in [0.4, 0.5) is 11.8 Å². The van der Waals surface area contributed by atoms with E-state index in [0.29, 0.717) is 11.8 Å². The maximum atomic E-state index is 9.85. The molecular weight excluding hydrogens is 276 g/mol. The number of nitrogens with zero attached hydrogens (tertiary/aromatic N) is 2. The van der Waals surface area contributed by atoms with E-state index in [4.69, 9.17) is 5.11 Å². The van der Waals surface area contributed by atoms with Crippen LogP contribution in [-0.4, -0.2) is 45.5 Å². The van der Waals surface area contributed by atoms with E-state index in [1.807, 2.05) is 11.4 Å². The van der Waals surface area contributed by atoms with Crippen LogP contribution in [0.1, 0.15) is 20.3 Å². The van der Waals surface area contributed by atoms with E-state index < -0.39 is 5.60 Å². The van der Waals surface area contributed by atoms with Crippen molar-refractivity contribution in [3.8, 4) is 0 Å². The predicted molar refractivity (Wildman–Crippen MR) is 82.4 cm³/mol. The number of fused-ring (bicyclic) bond motifs is 1. The van der Waals surface area contributed by atoms with Crippen molar-refractivity contribution in [3.05, 3.63) is 11.4 Å². The minimum Gasteiger partial charge on any atom is -0.393 e. The molecular formula is C13H20N4O2S. The van der Waals surface area contributed by atoms with Gasteiger partial charge in [0.15, 0.2) is 0 Å². The SMILES string of the molecule is CCCNc1nc(NCC(C)(O)CO)c2ccsc2n1. The summed E-state index contributed by atoms with van der Waals surface area (Å²) in [5, 5.41) is 28.1. The monoisotopic (exact) mass is 296 g/mol. The fourth-order valence-electron chi connectivity index (χ4n) is 1.64. The van der Waals surface area contributed by atoms with Crippen molar-refractivity contribution >= 4 is 33.3 Å². The molecule has 20 heavy (non-hydrogen) atoms. The molecule has 2 aromatic heterocycles. The summed E-state index contributed by atoms with van der Waals surface area (Å²) in [5.74, 6) is 1.25. The predicted octanol–water partition coefficient (Wildman–Crippen LogP) is 1.67. The van der Waals surface area contributed by atoms with Crippen LogP contribution in [0.3, 0.4) is 0 Å². The first kappa shape index (κ1) is 15.0. The average molecular weight is 296 g/mol. The van der Waals surface area contributed by atoms with E-state index in [1.165, 1.54) is 0 Å². The molecule has 2 heterocycles. The lowest BCUT2D eigenvalue weighted by atomic mass is 10.1. The normalized spacial score (nSPS) is 14.2. The van der Waals surface area contributed by atoms with Gasteiger partial charge >= 0.3 is 0 Å². The van der Waals surface area contributed by atoms with Gasteiger partial charge in [-0.2, -0.15) is 4.98 Å². The van der Waals surface area contributed by atoms with Crippen molar-refractivity contribution in [2.24, 2.45) is 0 Å². The number of hydrogen-bond donors (Lipinski definition) is 4. The number of nitrogens with one attached hydrogen (secondary N) is 2. The molecule has 0 saturated heterocycles. The van der Waals surface area contributed by atoms with Crippen LogP contribution in [0.15, 0.2) is 11.4 Å². The number of aliphatic hydroxyl groups is 2. The lowest BCUT2D eigenvalue weighted by Crippen LogP contribution is -2.37.